The van der Waals surface area contributed by atoms with Crippen LogP contribution in [0.15, 0.2) is 28.7 Å². The minimum absolute atomic E-state index is 0.0576. The topological polar surface area (TPSA) is 87.8 Å². The molecule has 1 aliphatic rings. The Bertz CT molecular complexity index is 481. The number of carbonyl (C=O) groups excluding carboxylic acids is 2. The summed E-state index contributed by atoms with van der Waals surface area (Å²) in [5, 5.41) is 8.61. The van der Waals surface area contributed by atoms with E-state index in [4.69, 9.17) is 9.52 Å². The maximum Gasteiger partial charge on any atom is 0.371 e. The van der Waals surface area contributed by atoms with Crippen molar-refractivity contribution < 1.29 is 23.9 Å². The Morgan fingerprint density at radius 2 is 1.88 bits per heavy atom. The first-order valence-corrected chi connectivity index (χ1v) is 4.43. The highest BCUT2D eigenvalue weighted by Crippen LogP contribution is 2.13. The predicted molar refractivity (Wildman–Crippen MR) is 50.4 cm³/mol. The Hall–Kier alpha value is -2.37. The normalized spacial score (nSPS) is 14.9. The van der Waals surface area contributed by atoms with Gasteiger partial charge in [-0.15, -0.1) is 0 Å². The second kappa shape index (κ2) is 3.65. The molecule has 2 heterocycles. The van der Waals surface area contributed by atoms with Crippen LogP contribution in [0.5, 0.6) is 0 Å². The minimum atomic E-state index is -1.19. The maximum absolute atomic E-state index is 11.2. The van der Waals surface area contributed by atoms with E-state index in [2.05, 4.69) is 0 Å². The molecule has 0 atom stereocenters. The zero-order valence-electron chi connectivity index (χ0n) is 8.04. The van der Waals surface area contributed by atoms with Gasteiger partial charge >= 0.3 is 5.97 Å². The first-order chi connectivity index (χ1) is 7.58. The summed E-state index contributed by atoms with van der Waals surface area (Å²) in [7, 11) is 0. The van der Waals surface area contributed by atoms with Crippen molar-refractivity contribution in [1.29, 1.82) is 0 Å². The Kier molecular flexibility index (Phi) is 2.32. The van der Waals surface area contributed by atoms with Gasteiger partial charge in [0.05, 0.1) is 6.54 Å². The van der Waals surface area contributed by atoms with Crippen molar-refractivity contribution in [2.75, 3.05) is 0 Å². The molecule has 0 bridgehead atoms. The van der Waals surface area contributed by atoms with Crippen molar-refractivity contribution in [3.63, 3.8) is 0 Å². The number of rotatable bonds is 3. The van der Waals surface area contributed by atoms with Crippen molar-refractivity contribution in [3.8, 4) is 0 Å². The number of furan rings is 1. The van der Waals surface area contributed by atoms with Crippen LogP contribution in [0, 0.1) is 0 Å². The summed E-state index contributed by atoms with van der Waals surface area (Å²) < 4.78 is 4.93. The van der Waals surface area contributed by atoms with Gasteiger partial charge in [0.2, 0.25) is 5.76 Å². The number of hydrogen-bond acceptors (Lipinski definition) is 4. The fourth-order valence-corrected chi connectivity index (χ4v) is 1.32. The number of hydrogen-bond donors (Lipinski definition) is 1. The molecule has 0 spiro atoms. The molecule has 0 aliphatic carbocycles. The van der Waals surface area contributed by atoms with Gasteiger partial charge in [-0.1, -0.05) is 0 Å². The standard InChI is InChI=1S/C10H7NO5/c12-8-3-4-9(13)11(8)5-6-1-2-7(16-6)10(14)15/h1-4H,5H2,(H,14,15). The highest BCUT2D eigenvalue weighted by molar-refractivity contribution is 6.12. The molecule has 1 aliphatic heterocycles. The summed E-state index contributed by atoms with van der Waals surface area (Å²) in [5.41, 5.74) is 0. The van der Waals surface area contributed by atoms with Gasteiger partial charge in [0.15, 0.2) is 0 Å². The molecule has 16 heavy (non-hydrogen) atoms. The molecule has 1 N–H and O–H groups in total. The number of carboxylic acids is 1. The number of carboxylic acid groups (broad SMARTS) is 1. The van der Waals surface area contributed by atoms with Crippen molar-refractivity contribution in [1.82, 2.24) is 4.90 Å². The highest BCUT2D eigenvalue weighted by atomic mass is 16.4. The fourth-order valence-electron chi connectivity index (χ4n) is 1.32. The lowest BCUT2D eigenvalue weighted by Crippen LogP contribution is -2.29. The first-order valence-electron chi connectivity index (χ1n) is 4.43. The molecule has 0 fully saturated rings. The molecule has 2 rings (SSSR count). The zero-order chi connectivity index (χ0) is 11.7. The molecule has 0 unspecified atom stereocenters. The van der Waals surface area contributed by atoms with E-state index >= 15 is 0 Å². The average Bonchev–Trinajstić information content (AvgIpc) is 2.80. The van der Waals surface area contributed by atoms with E-state index in [9.17, 15) is 14.4 Å². The SMILES string of the molecule is O=C(O)c1ccc(CN2C(=O)C=CC2=O)o1. The maximum atomic E-state index is 11.2. The lowest BCUT2D eigenvalue weighted by molar-refractivity contribution is -0.137. The third kappa shape index (κ3) is 1.72. The second-order valence-electron chi connectivity index (χ2n) is 3.17. The number of imide groups is 1. The van der Waals surface area contributed by atoms with Gasteiger partial charge in [-0.05, 0) is 12.1 Å². The number of nitrogens with zero attached hydrogens (tertiary/aromatic N) is 1. The summed E-state index contributed by atoms with van der Waals surface area (Å²) in [5.74, 6) is -2.02. The third-order valence-corrected chi connectivity index (χ3v) is 2.09. The van der Waals surface area contributed by atoms with Gasteiger partial charge in [-0.2, -0.15) is 0 Å². The molecule has 6 nitrogen and oxygen atoms in total. The number of aromatic carboxylic acids is 1. The Morgan fingerprint density at radius 1 is 1.25 bits per heavy atom. The van der Waals surface area contributed by atoms with Gasteiger partial charge in [0.25, 0.3) is 11.8 Å². The van der Waals surface area contributed by atoms with E-state index < -0.39 is 17.8 Å². The number of carbonyl (C=O) groups is 3. The van der Waals surface area contributed by atoms with Crippen LogP contribution in [-0.2, 0) is 16.1 Å². The van der Waals surface area contributed by atoms with E-state index in [1.165, 1.54) is 12.1 Å². The van der Waals surface area contributed by atoms with Crippen LogP contribution in [-0.4, -0.2) is 27.8 Å². The Balaban J connectivity index is 2.12. The smallest absolute Gasteiger partial charge is 0.371 e. The van der Waals surface area contributed by atoms with Gasteiger partial charge < -0.3 is 9.52 Å². The lowest BCUT2D eigenvalue weighted by Gasteiger charge is -2.10. The molecular weight excluding hydrogens is 214 g/mol. The van der Waals surface area contributed by atoms with Gasteiger partial charge in [0.1, 0.15) is 5.76 Å². The highest BCUT2D eigenvalue weighted by Gasteiger charge is 2.24. The van der Waals surface area contributed by atoms with Gasteiger partial charge in [-0.3, -0.25) is 14.5 Å². The Labute approximate surface area is 89.8 Å². The molecule has 1 aromatic heterocycles. The largest absolute Gasteiger partial charge is 0.475 e. The summed E-state index contributed by atoms with van der Waals surface area (Å²) in [6.07, 6.45) is 2.31. The van der Waals surface area contributed by atoms with Crippen LogP contribution in [0.1, 0.15) is 16.3 Å². The summed E-state index contributed by atoms with van der Waals surface area (Å²) in [4.78, 5) is 33.9. The first kappa shape index (κ1) is 10.2. The van der Waals surface area contributed by atoms with E-state index in [-0.39, 0.29) is 18.1 Å². The molecule has 6 heteroatoms. The quantitative estimate of drug-likeness (QED) is 0.746. The molecule has 0 radical (unpaired) electrons. The fraction of sp³-hybridized carbons (Fsp3) is 0.100. The van der Waals surface area contributed by atoms with Gasteiger partial charge in [-0.25, -0.2) is 4.79 Å². The molecule has 2 amide bonds. The lowest BCUT2D eigenvalue weighted by atomic mass is 10.4. The van der Waals surface area contributed by atoms with E-state index in [0.717, 1.165) is 17.1 Å². The van der Waals surface area contributed by atoms with Crippen molar-refractivity contribution >= 4 is 17.8 Å². The van der Waals surface area contributed by atoms with Crippen LogP contribution in [0.2, 0.25) is 0 Å². The van der Waals surface area contributed by atoms with E-state index in [1.54, 1.807) is 0 Å². The molecule has 1 aromatic rings. The molecular formula is C10H7NO5. The minimum Gasteiger partial charge on any atom is -0.475 e. The second-order valence-corrected chi connectivity index (χ2v) is 3.17. The Morgan fingerprint density at radius 3 is 2.38 bits per heavy atom. The van der Waals surface area contributed by atoms with E-state index in [1.807, 2.05) is 0 Å². The predicted octanol–water partition coefficient (Wildman–Crippen LogP) is 0.403. The zero-order valence-corrected chi connectivity index (χ0v) is 8.04. The van der Waals surface area contributed by atoms with Crippen molar-refractivity contribution in [2.45, 2.75) is 6.54 Å². The van der Waals surface area contributed by atoms with Crippen LogP contribution in [0.25, 0.3) is 0 Å². The van der Waals surface area contributed by atoms with Gasteiger partial charge in [0, 0.05) is 12.2 Å². The van der Waals surface area contributed by atoms with Crippen LogP contribution in [0.4, 0.5) is 0 Å². The van der Waals surface area contributed by atoms with Crippen LogP contribution < -0.4 is 0 Å². The van der Waals surface area contributed by atoms with Crippen molar-refractivity contribution in [2.24, 2.45) is 0 Å². The third-order valence-electron chi connectivity index (χ3n) is 2.09. The summed E-state index contributed by atoms with van der Waals surface area (Å²) in [6.45, 7) is -0.0576. The average molecular weight is 221 g/mol. The molecule has 0 aromatic carbocycles. The summed E-state index contributed by atoms with van der Waals surface area (Å²) >= 11 is 0. The molecule has 0 saturated heterocycles. The monoisotopic (exact) mass is 221 g/mol. The van der Waals surface area contributed by atoms with Crippen LogP contribution in [0.3, 0.4) is 0 Å². The molecule has 82 valence electrons. The number of amides is 2. The van der Waals surface area contributed by atoms with Crippen LogP contribution >= 0.6 is 0 Å². The van der Waals surface area contributed by atoms with E-state index in [0.29, 0.717) is 0 Å². The summed E-state index contributed by atoms with van der Waals surface area (Å²) in [6, 6.07) is 2.69. The van der Waals surface area contributed by atoms with Crippen molar-refractivity contribution in [3.05, 3.63) is 35.8 Å². The molecule has 0 saturated carbocycles.